The minimum absolute atomic E-state index is 0.136. The molecule has 1 saturated heterocycles. The number of rotatable bonds is 7. The average Bonchev–Trinajstić information content (AvgIpc) is 3.15. The van der Waals surface area contributed by atoms with Crippen molar-refractivity contribution in [1.29, 1.82) is 5.26 Å². The number of nitrogens with one attached hydrogen (secondary N) is 2. The van der Waals surface area contributed by atoms with Crippen LogP contribution < -0.4 is 10.6 Å². The van der Waals surface area contributed by atoms with Crippen molar-refractivity contribution in [1.82, 2.24) is 5.32 Å². The van der Waals surface area contributed by atoms with Crippen molar-refractivity contribution in [3.63, 3.8) is 0 Å². The first-order valence-corrected chi connectivity index (χ1v) is 11.1. The fourth-order valence-corrected chi connectivity index (χ4v) is 4.24. The lowest BCUT2D eigenvalue weighted by atomic mass is 10.1. The van der Waals surface area contributed by atoms with Crippen molar-refractivity contribution in [3.05, 3.63) is 75.8 Å². The van der Waals surface area contributed by atoms with Gasteiger partial charge in [0.05, 0.1) is 22.4 Å². The van der Waals surface area contributed by atoms with Gasteiger partial charge in [0.15, 0.2) is 0 Å². The molecule has 0 aromatic heterocycles. The molecular weight excluding hydrogens is 426 g/mol. The van der Waals surface area contributed by atoms with Crippen molar-refractivity contribution >= 4 is 35.2 Å². The molecule has 1 atom stereocenters. The molecule has 1 fully saturated rings. The van der Waals surface area contributed by atoms with E-state index in [0.717, 1.165) is 29.3 Å². The maximum absolute atomic E-state index is 12.6. The van der Waals surface area contributed by atoms with Gasteiger partial charge in [-0.25, -0.2) is 4.79 Å². The third-order valence-electron chi connectivity index (χ3n) is 4.86. The molecule has 7 nitrogen and oxygen atoms in total. The predicted molar refractivity (Wildman–Crippen MR) is 123 cm³/mol. The molecule has 164 valence electrons. The Morgan fingerprint density at radius 2 is 1.75 bits per heavy atom. The number of hydrogen-bond donors (Lipinski definition) is 2. The highest BCUT2D eigenvalue weighted by Gasteiger charge is 2.33. The van der Waals surface area contributed by atoms with Gasteiger partial charge >= 0.3 is 5.97 Å². The summed E-state index contributed by atoms with van der Waals surface area (Å²) in [6, 6.07) is 16.1. The molecule has 0 saturated carbocycles. The predicted octanol–water partition coefficient (Wildman–Crippen LogP) is 3.57. The minimum atomic E-state index is -0.570. The van der Waals surface area contributed by atoms with Crippen LogP contribution in [-0.2, 0) is 27.2 Å². The molecule has 1 aliphatic heterocycles. The van der Waals surface area contributed by atoms with Crippen LogP contribution in [0.4, 0.5) is 5.69 Å². The van der Waals surface area contributed by atoms with Crippen LogP contribution in [-0.4, -0.2) is 29.6 Å². The monoisotopic (exact) mass is 449 g/mol. The Hall–Kier alpha value is -3.57. The van der Waals surface area contributed by atoms with Gasteiger partial charge in [-0.2, -0.15) is 5.26 Å². The lowest BCUT2D eigenvalue weighted by Gasteiger charge is -2.08. The molecule has 2 aromatic rings. The van der Waals surface area contributed by atoms with E-state index < -0.39 is 17.1 Å². The van der Waals surface area contributed by atoms with Gasteiger partial charge in [-0.15, -0.1) is 0 Å². The number of aryl methyl sites for hydroxylation is 1. The van der Waals surface area contributed by atoms with Gasteiger partial charge in [-0.1, -0.05) is 43.0 Å². The molecule has 32 heavy (non-hydrogen) atoms. The summed E-state index contributed by atoms with van der Waals surface area (Å²) in [7, 11) is 0. The van der Waals surface area contributed by atoms with E-state index in [1.165, 1.54) is 0 Å². The highest BCUT2D eigenvalue weighted by atomic mass is 32.2. The van der Waals surface area contributed by atoms with Gasteiger partial charge in [0.2, 0.25) is 5.91 Å². The summed E-state index contributed by atoms with van der Waals surface area (Å²) in [5, 5.41) is 14.6. The molecule has 0 radical (unpaired) electrons. The van der Waals surface area contributed by atoms with E-state index >= 15 is 0 Å². The molecule has 2 aromatic carbocycles. The van der Waals surface area contributed by atoms with Gasteiger partial charge in [-0.05, 0) is 55.2 Å². The number of carbonyl (C=O) groups is 3. The number of thioether (sulfide) groups is 1. The fourth-order valence-electron chi connectivity index (χ4n) is 3.10. The Labute approximate surface area is 190 Å². The van der Waals surface area contributed by atoms with Crippen LogP contribution in [0.25, 0.3) is 0 Å². The Kier molecular flexibility index (Phi) is 7.68. The largest absolute Gasteiger partial charge is 0.462 e. The summed E-state index contributed by atoms with van der Waals surface area (Å²) in [6.45, 7) is 4.08. The number of carbonyl (C=O) groups excluding carboxylic acids is 3. The summed E-state index contributed by atoms with van der Waals surface area (Å²) < 4.78 is 4.97. The Bertz CT molecular complexity index is 1090. The number of hydrogen-bond acceptors (Lipinski definition) is 6. The van der Waals surface area contributed by atoms with Crippen molar-refractivity contribution in [2.45, 2.75) is 31.9 Å². The number of esters is 1. The topological polar surface area (TPSA) is 108 Å². The highest BCUT2D eigenvalue weighted by molar-refractivity contribution is 8.04. The molecule has 8 heteroatoms. The summed E-state index contributed by atoms with van der Waals surface area (Å²) in [5.41, 5.74) is 2.87. The highest BCUT2D eigenvalue weighted by Crippen LogP contribution is 2.32. The lowest BCUT2D eigenvalue weighted by Crippen LogP contribution is -2.25. The average molecular weight is 450 g/mol. The van der Waals surface area contributed by atoms with Crippen LogP contribution in [0.15, 0.2) is 59.1 Å². The zero-order chi connectivity index (χ0) is 23.1. The second-order valence-electron chi connectivity index (χ2n) is 7.04. The second kappa shape index (κ2) is 10.6. The molecule has 1 unspecified atom stereocenters. The normalized spacial score (nSPS) is 16.7. The maximum atomic E-state index is 12.6. The molecule has 1 aliphatic rings. The van der Waals surface area contributed by atoms with Crippen molar-refractivity contribution < 1.29 is 19.1 Å². The summed E-state index contributed by atoms with van der Waals surface area (Å²) in [4.78, 5) is 36.8. The molecule has 0 aliphatic carbocycles. The first-order chi connectivity index (χ1) is 15.4. The van der Waals surface area contributed by atoms with Gasteiger partial charge in [0, 0.05) is 5.69 Å². The number of benzene rings is 2. The second-order valence-corrected chi connectivity index (χ2v) is 8.25. The van der Waals surface area contributed by atoms with Gasteiger partial charge < -0.3 is 15.4 Å². The standard InChI is InChI=1S/C24H23N3O4S/c1-3-15-7-11-18(12-8-15)26-21(28)19(14-25)23-27-22(29)20(32-23)13-16-5-9-17(10-6-16)24(30)31-4-2/h5-12,20H,3-4,13H2,1-2H3,(H,26,28)(H,27,29)/b23-19-. The van der Waals surface area contributed by atoms with Crippen molar-refractivity contribution in [2.24, 2.45) is 0 Å². The number of nitriles is 1. The third-order valence-corrected chi connectivity index (χ3v) is 6.07. The first-order valence-electron chi connectivity index (χ1n) is 10.2. The Morgan fingerprint density at radius 1 is 1.09 bits per heavy atom. The van der Waals surface area contributed by atoms with Crippen LogP contribution in [0.3, 0.4) is 0 Å². The Balaban J connectivity index is 1.68. The third kappa shape index (κ3) is 5.56. The number of anilines is 1. The van der Waals surface area contributed by atoms with Gasteiger partial charge in [0.1, 0.15) is 11.6 Å². The molecule has 2 N–H and O–H groups in total. The molecular formula is C24H23N3O4S. The van der Waals surface area contributed by atoms with E-state index in [1.54, 1.807) is 43.3 Å². The number of amides is 2. The zero-order valence-electron chi connectivity index (χ0n) is 17.8. The van der Waals surface area contributed by atoms with Crippen molar-refractivity contribution in [3.8, 4) is 6.07 Å². The number of ether oxygens (including phenoxy) is 1. The van der Waals surface area contributed by atoms with E-state index in [2.05, 4.69) is 10.6 Å². The summed E-state index contributed by atoms with van der Waals surface area (Å²) in [5.74, 6) is -1.24. The summed E-state index contributed by atoms with van der Waals surface area (Å²) >= 11 is 1.15. The van der Waals surface area contributed by atoms with Crippen LogP contribution in [0.5, 0.6) is 0 Å². The molecule has 1 heterocycles. The molecule has 0 spiro atoms. The van der Waals surface area contributed by atoms with Crippen molar-refractivity contribution in [2.75, 3.05) is 11.9 Å². The maximum Gasteiger partial charge on any atom is 0.338 e. The van der Waals surface area contributed by atoms with Crippen LogP contribution >= 0.6 is 11.8 Å². The van der Waals surface area contributed by atoms with Gasteiger partial charge in [0.25, 0.3) is 5.91 Å². The summed E-state index contributed by atoms with van der Waals surface area (Å²) in [6.07, 6.45) is 1.28. The molecule has 3 rings (SSSR count). The smallest absolute Gasteiger partial charge is 0.338 e. The van der Waals surface area contributed by atoms with Crippen LogP contribution in [0, 0.1) is 11.3 Å². The van der Waals surface area contributed by atoms with Gasteiger partial charge in [-0.3, -0.25) is 9.59 Å². The Morgan fingerprint density at radius 3 is 2.34 bits per heavy atom. The quantitative estimate of drug-likeness (QED) is 0.380. The SMILES string of the molecule is CCOC(=O)c1ccc(CC2S/C(=C(/C#N)C(=O)Nc3ccc(CC)cc3)NC2=O)cc1. The molecule has 0 bridgehead atoms. The fraction of sp³-hybridized carbons (Fsp3) is 0.250. The van der Waals surface area contributed by atoms with E-state index in [-0.39, 0.29) is 16.5 Å². The number of nitrogens with zero attached hydrogens (tertiary/aromatic N) is 1. The first kappa shape index (κ1) is 23.1. The van der Waals surface area contributed by atoms with Crippen LogP contribution in [0.1, 0.15) is 35.3 Å². The van der Waals surface area contributed by atoms with E-state index in [9.17, 15) is 19.6 Å². The van der Waals surface area contributed by atoms with Crippen LogP contribution in [0.2, 0.25) is 0 Å². The molecule has 2 amide bonds. The lowest BCUT2D eigenvalue weighted by molar-refractivity contribution is -0.119. The minimum Gasteiger partial charge on any atom is -0.462 e. The van der Waals surface area contributed by atoms with E-state index in [1.807, 2.05) is 25.1 Å². The zero-order valence-corrected chi connectivity index (χ0v) is 18.6. The van der Waals surface area contributed by atoms with E-state index in [0.29, 0.717) is 24.3 Å². The van der Waals surface area contributed by atoms with E-state index in [4.69, 9.17) is 4.74 Å².